The molecule has 0 aliphatic rings. The molecule has 0 radical (unpaired) electrons. The highest BCUT2D eigenvalue weighted by molar-refractivity contribution is 9.10. The van der Waals surface area contributed by atoms with Crippen LogP contribution in [0, 0.1) is 23.3 Å². The van der Waals surface area contributed by atoms with Gasteiger partial charge in [-0.3, -0.25) is 0 Å². The summed E-state index contributed by atoms with van der Waals surface area (Å²) >= 11 is 3.24. The maximum Gasteiger partial charge on any atom is 0.134 e. The van der Waals surface area contributed by atoms with Crippen molar-refractivity contribution in [3.05, 3.63) is 69.2 Å². The minimum Gasteiger partial charge on any atom is -0.306 e. The van der Waals surface area contributed by atoms with Gasteiger partial charge < -0.3 is 5.32 Å². The van der Waals surface area contributed by atoms with Crippen LogP contribution >= 0.6 is 15.9 Å². The zero-order valence-corrected chi connectivity index (χ0v) is 12.6. The van der Waals surface area contributed by atoms with Crippen molar-refractivity contribution in [2.75, 3.05) is 6.54 Å². The van der Waals surface area contributed by atoms with Gasteiger partial charge in [-0.15, -0.1) is 0 Å². The Labute approximate surface area is 128 Å². The van der Waals surface area contributed by atoms with E-state index in [1.54, 1.807) is 6.92 Å². The summed E-state index contributed by atoms with van der Waals surface area (Å²) in [7, 11) is 0. The molecule has 1 unspecified atom stereocenters. The molecule has 112 valence electrons. The summed E-state index contributed by atoms with van der Waals surface area (Å²) in [4.78, 5) is 0. The molecule has 0 fully saturated rings. The lowest BCUT2D eigenvalue weighted by atomic mass is 9.97. The molecule has 21 heavy (non-hydrogen) atoms. The van der Waals surface area contributed by atoms with Crippen molar-refractivity contribution in [1.29, 1.82) is 0 Å². The van der Waals surface area contributed by atoms with Crippen LogP contribution in [0.25, 0.3) is 0 Å². The van der Waals surface area contributed by atoms with Crippen molar-refractivity contribution >= 4 is 15.9 Å². The highest BCUT2D eigenvalue weighted by Gasteiger charge is 2.24. The summed E-state index contributed by atoms with van der Waals surface area (Å²) in [5, 5.41) is 2.89. The van der Waals surface area contributed by atoms with E-state index < -0.39 is 29.3 Å². The molecule has 0 aliphatic carbocycles. The fourth-order valence-corrected chi connectivity index (χ4v) is 2.61. The normalized spacial score (nSPS) is 12.5. The van der Waals surface area contributed by atoms with Crippen molar-refractivity contribution in [2.24, 2.45) is 0 Å². The first-order valence-corrected chi connectivity index (χ1v) is 7.06. The van der Waals surface area contributed by atoms with Crippen molar-refractivity contribution < 1.29 is 17.6 Å². The average Bonchev–Trinajstić information content (AvgIpc) is 2.39. The molecular weight excluding hydrogens is 350 g/mol. The third-order valence-electron chi connectivity index (χ3n) is 3.01. The van der Waals surface area contributed by atoms with Crippen LogP contribution in [0.3, 0.4) is 0 Å². The molecule has 0 aromatic heterocycles. The summed E-state index contributed by atoms with van der Waals surface area (Å²) in [6, 6.07) is 4.15. The fraction of sp³-hybridized carbons (Fsp3) is 0.200. The zero-order chi connectivity index (χ0) is 15.6. The van der Waals surface area contributed by atoms with Gasteiger partial charge in [-0.2, -0.15) is 0 Å². The molecule has 6 heteroatoms. The minimum atomic E-state index is -1.02. The van der Waals surface area contributed by atoms with Crippen molar-refractivity contribution in [3.63, 3.8) is 0 Å². The Bertz CT molecular complexity index is 637. The number of benzene rings is 2. The molecule has 0 amide bonds. The molecule has 0 aliphatic heterocycles. The molecule has 0 bridgehead atoms. The Balaban J connectivity index is 2.61. The van der Waals surface area contributed by atoms with E-state index in [0.29, 0.717) is 28.7 Å². The molecular formula is C15H12BrF4N. The van der Waals surface area contributed by atoms with Gasteiger partial charge >= 0.3 is 0 Å². The van der Waals surface area contributed by atoms with Gasteiger partial charge in [0.25, 0.3) is 0 Å². The molecule has 1 N–H and O–H groups in total. The molecule has 1 nitrogen and oxygen atoms in total. The summed E-state index contributed by atoms with van der Waals surface area (Å²) in [6.45, 7) is 2.14. The monoisotopic (exact) mass is 361 g/mol. The highest BCUT2D eigenvalue weighted by atomic mass is 79.9. The van der Waals surface area contributed by atoms with Gasteiger partial charge in [-0.1, -0.05) is 22.9 Å². The van der Waals surface area contributed by atoms with Crippen molar-refractivity contribution in [3.8, 4) is 0 Å². The van der Waals surface area contributed by atoms with Crippen LogP contribution in [0.1, 0.15) is 24.1 Å². The van der Waals surface area contributed by atoms with E-state index in [1.807, 2.05) is 0 Å². The predicted octanol–water partition coefficient (Wildman–Crippen LogP) is 4.70. The molecule has 0 heterocycles. The maximum absolute atomic E-state index is 14.0. The second-order valence-electron chi connectivity index (χ2n) is 4.44. The Morgan fingerprint density at radius 1 is 1.00 bits per heavy atom. The number of nitrogens with one attached hydrogen (secondary N) is 1. The molecule has 2 aromatic carbocycles. The lowest BCUT2D eigenvalue weighted by Gasteiger charge is -2.21. The number of hydrogen-bond acceptors (Lipinski definition) is 1. The van der Waals surface area contributed by atoms with Crippen LogP contribution in [0.4, 0.5) is 17.6 Å². The van der Waals surface area contributed by atoms with Gasteiger partial charge in [0.1, 0.15) is 23.3 Å². The van der Waals surface area contributed by atoms with E-state index in [4.69, 9.17) is 0 Å². The Morgan fingerprint density at radius 3 is 2.19 bits per heavy atom. The van der Waals surface area contributed by atoms with Gasteiger partial charge in [0, 0.05) is 22.2 Å². The molecule has 0 saturated heterocycles. The molecule has 1 atom stereocenters. The fourth-order valence-electron chi connectivity index (χ4n) is 2.14. The van der Waals surface area contributed by atoms with Crippen LogP contribution in [0.15, 0.2) is 34.8 Å². The third kappa shape index (κ3) is 3.44. The second-order valence-corrected chi connectivity index (χ2v) is 5.29. The Hall–Kier alpha value is -1.40. The van der Waals surface area contributed by atoms with Gasteiger partial charge in [0.05, 0.1) is 6.04 Å². The number of hydrogen-bond donors (Lipinski definition) is 1. The standard InChI is InChI=1S/C15H12BrF4N/c1-2-21-15(10-5-8(17)3-4-11(10)16)14-12(19)6-9(18)7-13(14)20/h3-7,15,21H,2H2,1H3. The van der Waals surface area contributed by atoms with Crippen LogP contribution < -0.4 is 5.32 Å². The van der Waals surface area contributed by atoms with Crippen LogP contribution in [0.5, 0.6) is 0 Å². The van der Waals surface area contributed by atoms with Crippen molar-refractivity contribution in [1.82, 2.24) is 5.32 Å². The first kappa shape index (κ1) is 16.0. The molecule has 2 aromatic rings. The summed E-state index contributed by atoms with van der Waals surface area (Å²) in [5.41, 5.74) is -0.00851. The zero-order valence-electron chi connectivity index (χ0n) is 11.1. The Morgan fingerprint density at radius 2 is 1.62 bits per heavy atom. The number of rotatable bonds is 4. The van der Waals surface area contributed by atoms with E-state index in [2.05, 4.69) is 21.2 Å². The molecule has 2 rings (SSSR count). The first-order chi connectivity index (χ1) is 9.93. The topological polar surface area (TPSA) is 12.0 Å². The molecule has 0 saturated carbocycles. The van der Waals surface area contributed by atoms with Crippen LogP contribution in [-0.4, -0.2) is 6.54 Å². The summed E-state index contributed by atoms with van der Waals surface area (Å²) in [6.07, 6.45) is 0. The van der Waals surface area contributed by atoms with Gasteiger partial charge in [-0.25, -0.2) is 17.6 Å². The third-order valence-corrected chi connectivity index (χ3v) is 3.73. The average molecular weight is 362 g/mol. The second kappa shape index (κ2) is 6.58. The maximum atomic E-state index is 14.0. The van der Waals surface area contributed by atoms with E-state index in [1.165, 1.54) is 18.2 Å². The van der Waals surface area contributed by atoms with Gasteiger partial charge in [0.2, 0.25) is 0 Å². The van der Waals surface area contributed by atoms with E-state index in [-0.39, 0.29) is 5.56 Å². The SMILES string of the molecule is CCNC(c1cc(F)ccc1Br)c1c(F)cc(F)cc1F. The summed E-state index contributed by atoms with van der Waals surface area (Å²) < 4.78 is 54.9. The minimum absolute atomic E-state index is 0.334. The quantitative estimate of drug-likeness (QED) is 0.778. The molecule has 0 spiro atoms. The largest absolute Gasteiger partial charge is 0.306 e. The van der Waals surface area contributed by atoms with E-state index >= 15 is 0 Å². The van der Waals surface area contributed by atoms with E-state index in [9.17, 15) is 17.6 Å². The van der Waals surface area contributed by atoms with Crippen LogP contribution in [0.2, 0.25) is 0 Å². The Kier molecular flexibility index (Phi) is 5.00. The predicted molar refractivity (Wildman–Crippen MR) is 75.9 cm³/mol. The lowest BCUT2D eigenvalue weighted by molar-refractivity contribution is 0.490. The number of halogens is 5. The van der Waals surface area contributed by atoms with Gasteiger partial charge in [0.15, 0.2) is 0 Å². The van der Waals surface area contributed by atoms with Crippen molar-refractivity contribution in [2.45, 2.75) is 13.0 Å². The summed E-state index contributed by atoms with van der Waals surface area (Å²) in [5.74, 6) is -3.56. The van der Waals surface area contributed by atoms with Gasteiger partial charge in [-0.05, 0) is 30.3 Å². The smallest absolute Gasteiger partial charge is 0.134 e. The lowest BCUT2D eigenvalue weighted by Crippen LogP contribution is -2.25. The highest BCUT2D eigenvalue weighted by Crippen LogP contribution is 2.32. The van der Waals surface area contributed by atoms with Crippen LogP contribution in [-0.2, 0) is 0 Å². The van der Waals surface area contributed by atoms with E-state index in [0.717, 1.165) is 0 Å². The first-order valence-electron chi connectivity index (χ1n) is 6.26.